The highest BCUT2D eigenvalue weighted by molar-refractivity contribution is 7.99. The number of benzene rings is 1. The van der Waals surface area contributed by atoms with Crippen molar-refractivity contribution in [3.8, 4) is 17.5 Å². The van der Waals surface area contributed by atoms with Crippen molar-refractivity contribution >= 4 is 17.7 Å². The molecule has 1 aliphatic rings. The molecule has 1 amide bonds. The second-order valence-corrected chi connectivity index (χ2v) is 9.43. The van der Waals surface area contributed by atoms with Crippen LogP contribution in [-0.4, -0.2) is 33.0 Å². The maximum Gasteiger partial charge on any atom is 0.230 e. The SMILES string of the molecule is CC(C)(C)c1ccc(-c2nnc(SCC(=O)NCCC#N)n2C2CCCC2)cc1. The lowest BCUT2D eigenvalue weighted by atomic mass is 9.86. The topological polar surface area (TPSA) is 83.6 Å². The third-order valence-electron chi connectivity index (χ3n) is 5.25. The Labute approximate surface area is 177 Å². The average Bonchev–Trinajstić information content (AvgIpc) is 3.35. The zero-order valence-corrected chi connectivity index (χ0v) is 18.3. The number of nitriles is 1. The van der Waals surface area contributed by atoms with Crippen molar-refractivity contribution in [3.63, 3.8) is 0 Å². The molecule has 1 saturated carbocycles. The van der Waals surface area contributed by atoms with Crippen molar-refractivity contribution in [1.82, 2.24) is 20.1 Å². The zero-order chi connectivity index (χ0) is 20.9. The molecule has 3 rings (SSSR count). The molecule has 6 nitrogen and oxygen atoms in total. The quantitative estimate of drug-likeness (QED) is 0.536. The van der Waals surface area contributed by atoms with Crippen LogP contribution >= 0.6 is 11.8 Å². The van der Waals surface area contributed by atoms with E-state index in [4.69, 9.17) is 5.26 Å². The van der Waals surface area contributed by atoms with Gasteiger partial charge in [0.05, 0.1) is 18.2 Å². The van der Waals surface area contributed by atoms with Gasteiger partial charge in [0.1, 0.15) is 0 Å². The minimum absolute atomic E-state index is 0.0812. The number of aromatic nitrogens is 3. The van der Waals surface area contributed by atoms with Crippen LogP contribution in [0.2, 0.25) is 0 Å². The number of nitrogens with one attached hydrogen (secondary N) is 1. The molecule has 0 unspecified atom stereocenters. The molecule has 0 bridgehead atoms. The fourth-order valence-corrected chi connectivity index (χ4v) is 4.46. The number of amides is 1. The highest BCUT2D eigenvalue weighted by atomic mass is 32.2. The lowest BCUT2D eigenvalue weighted by Gasteiger charge is -2.20. The van der Waals surface area contributed by atoms with Gasteiger partial charge in [0.2, 0.25) is 5.91 Å². The summed E-state index contributed by atoms with van der Waals surface area (Å²) in [5.74, 6) is 1.08. The summed E-state index contributed by atoms with van der Waals surface area (Å²) in [4.78, 5) is 12.0. The van der Waals surface area contributed by atoms with Crippen LogP contribution in [0, 0.1) is 11.3 Å². The van der Waals surface area contributed by atoms with E-state index in [2.05, 4.69) is 65.1 Å². The summed E-state index contributed by atoms with van der Waals surface area (Å²) in [6.07, 6.45) is 4.98. The number of thioether (sulfide) groups is 1. The first-order valence-corrected chi connectivity index (χ1v) is 11.2. The van der Waals surface area contributed by atoms with E-state index in [1.54, 1.807) is 0 Å². The summed E-state index contributed by atoms with van der Waals surface area (Å²) >= 11 is 1.42. The number of hydrogen-bond donors (Lipinski definition) is 1. The van der Waals surface area contributed by atoms with E-state index >= 15 is 0 Å². The van der Waals surface area contributed by atoms with Crippen LogP contribution in [0.4, 0.5) is 0 Å². The Morgan fingerprint density at radius 2 is 1.93 bits per heavy atom. The number of nitrogens with zero attached hydrogens (tertiary/aromatic N) is 4. The predicted octanol–water partition coefficient (Wildman–Crippen LogP) is 4.48. The van der Waals surface area contributed by atoms with Gasteiger partial charge in [0.25, 0.3) is 0 Å². The van der Waals surface area contributed by atoms with E-state index in [9.17, 15) is 4.79 Å². The third-order valence-corrected chi connectivity index (χ3v) is 6.20. The highest BCUT2D eigenvalue weighted by Gasteiger charge is 2.25. The summed E-state index contributed by atoms with van der Waals surface area (Å²) in [6.45, 7) is 7.01. The second-order valence-electron chi connectivity index (χ2n) is 8.49. The van der Waals surface area contributed by atoms with Crippen LogP contribution in [-0.2, 0) is 10.2 Å². The van der Waals surface area contributed by atoms with Crippen molar-refractivity contribution in [2.75, 3.05) is 12.3 Å². The van der Waals surface area contributed by atoms with Gasteiger partial charge in [-0.1, -0.05) is 69.6 Å². The second kappa shape index (κ2) is 9.45. The fraction of sp³-hybridized carbons (Fsp3) is 0.545. The van der Waals surface area contributed by atoms with E-state index in [1.807, 2.05) is 6.07 Å². The number of hydrogen-bond acceptors (Lipinski definition) is 5. The van der Waals surface area contributed by atoms with E-state index in [0.717, 1.165) is 29.4 Å². The molecule has 0 saturated heterocycles. The summed E-state index contributed by atoms with van der Waals surface area (Å²) in [5.41, 5.74) is 2.46. The van der Waals surface area contributed by atoms with Crippen LogP contribution in [0.3, 0.4) is 0 Å². The molecule has 0 radical (unpaired) electrons. The first-order chi connectivity index (χ1) is 13.9. The Bertz CT molecular complexity index is 870. The third kappa shape index (κ3) is 5.39. The van der Waals surface area contributed by atoms with Crippen LogP contribution in [0.1, 0.15) is 64.5 Å². The first kappa shape index (κ1) is 21.4. The van der Waals surface area contributed by atoms with Crippen molar-refractivity contribution in [2.24, 2.45) is 0 Å². The molecule has 1 fully saturated rings. The summed E-state index contributed by atoms with van der Waals surface area (Å²) in [6, 6.07) is 11.0. The Morgan fingerprint density at radius 1 is 1.24 bits per heavy atom. The monoisotopic (exact) mass is 411 g/mol. The van der Waals surface area contributed by atoms with E-state index in [0.29, 0.717) is 19.0 Å². The maximum atomic E-state index is 12.0. The molecule has 1 aromatic carbocycles. The van der Waals surface area contributed by atoms with Crippen LogP contribution in [0.25, 0.3) is 11.4 Å². The van der Waals surface area contributed by atoms with E-state index < -0.39 is 0 Å². The lowest BCUT2D eigenvalue weighted by molar-refractivity contribution is -0.118. The van der Waals surface area contributed by atoms with Crippen LogP contribution in [0.15, 0.2) is 29.4 Å². The number of rotatable bonds is 7. The van der Waals surface area contributed by atoms with Crippen molar-refractivity contribution in [3.05, 3.63) is 29.8 Å². The zero-order valence-electron chi connectivity index (χ0n) is 17.4. The molecular weight excluding hydrogens is 382 g/mol. The molecule has 1 aromatic heterocycles. The summed E-state index contributed by atoms with van der Waals surface area (Å²) < 4.78 is 2.23. The molecule has 154 valence electrons. The Balaban J connectivity index is 1.81. The van der Waals surface area contributed by atoms with Gasteiger partial charge < -0.3 is 5.32 Å². The van der Waals surface area contributed by atoms with Gasteiger partial charge in [-0.3, -0.25) is 9.36 Å². The minimum atomic E-state index is -0.0812. The van der Waals surface area contributed by atoms with Gasteiger partial charge in [-0.25, -0.2) is 0 Å². The lowest BCUT2D eigenvalue weighted by Crippen LogP contribution is -2.26. The van der Waals surface area contributed by atoms with Gasteiger partial charge in [0.15, 0.2) is 11.0 Å². The highest BCUT2D eigenvalue weighted by Crippen LogP contribution is 2.37. The van der Waals surface area contributed by atoms with Crippen molar-refractivity contribution < 1.29 is 4.79 Å². The van der Waals surface area contributed by atoms with Gasteiger partial charge in [-0.15, -0.1) is 10.2 Å². The summed E-state index contributed by atoms with van der Waals surface area (Å²) in [7, 11) is 0. The molecule has 1 heterocycles. The Morgan fingerprint density at radius 3 is 2.55 bits per heavy atom. The van der Waals surface area contributed by atoms with Crippen molar-refractivity contribution in [1.29, 1.82) is 5.26 Å². The standard InChI is InChI=1S/C22H29N5OS/c1-22(2,3)17-11-9-16(10-12-17)20-25-26-21(27(20)18-7-4-5-8-18)29-15-19(28)24-14-6-13-23/h9-12,18H,4-8,14-15H2,1-3H3,(H,24,28). The number of carbonyl (C=O) groups is 1. The molecule has 2 aromatic rings. The first-order valence-electron chi connectivity index (χ1n) is 10.2. The molecule has 29 heavy (non-hydrogen) atoms. The average molecular weight is 412 g/mol. The Kier molecular flexibility index (Phi) is 6.96. The van der Waals surface area contributed by atoms with Gasteiger partial charge in [0, 0.05) is 18.2 Å². The molecule has 0 aliphatic heterocycles. The molecule has 0 spiro atoms. The molecular formula is C22H29N5OS. The maximum absolute atomic E-state index is 12.0. The van der Waals surface area contributed by atoms with Crippen LogP contribution in [0.5, 0.6) is 0 Å². The van der Waals surface area contributed by atoms with E-state index in [1.165, 1.54) is 30.2 Å². The number of carbonyl (C=O) groups excluding carboxylic acids is 1. The largest absolute Gasteiger partial charge is 0.354 e. The van der Waals surface area contributed by atoms with Crippen LogP contribution < -0.4 is 5.32 Å². The minimum Gasteiger partial charge on any atom is -0.354 e. The van der Waals surface area contributed by atoms with Gasteiger partial charge in [-0.05, 0) is 23.8 Å². The predicted molar refractivity (Wildman–Crippen MR) is 116 cm³/mol. The molecule has 1 aliphatic carbocycles. The molecule has 1 N–H and O–H groups in total. The smallest absolute Gasteiger partial charge is 0.230 e. The van der Waals surface area contributed by atoms with Crippen molar-refractivity contribution in [2.45, 2.75) is 69.5 Å². The van der Waals surface area contributed by atoms with Gasteiger partial charge >= 0.3 is 0 Å². The fourth-order valence-electron chi connectivity index (χ4n) is 3.62. The Hall–Kier alpha value is -2.33. The molecule has 0 atom stereocenters. The summed E-state index contributed by atoms with van der Waals surface area (Å²) in [5, 5.41) is 21.1. The van der Waals surface area contributed by atoms with Gasteiger partial charge in [-0.2, -0.15) is 5.26 Å². The van der Waals surface area contributed by atoms with E-state index in [-0.39, 0.29) is 17.1 Å². The molecule has 7 heteroatoms. The normalized spacial score (nSPS) is 14.7.